The average molecular weight is 275 g/mol. The van der Waals surface area contributed by atoms with Gasteiger partial charge in [0.05, 0.1) is 31.8 Å². The smallest absolute Gasteiger partial charge is 0.127 e. The largest absolute Gasteiger partial charge is 0.494 e. The molecule has 1 aliphatic heterocycles. The Labute approximate surface area is 121 Å². The second kappa shape index (κ2) is 7.88. The Kier molecular flexibility index (Phi) is 5.85. The minimum absolute atomic E-state index is 0.679. The Bertz CT molecular complexity index is 430. The van der Waals surface area contributed by atoms with E-state index in [1.54, 1.807) is 21.9 Å². The van der Waals surface area contributed by atoms with Crippen LogP contribution in [0.4, 0.5) is 0 Å². The summed E-state index contributed by atoms with van der Waals surface area (Å²) >= 11 is 0. The molecular formula is C16H25N3O+2. The van der Waals surface area contributed by atoms with Gasteiger partial charge in [-0.15, -0.1) is 0 Å². The molecule has 2 N–H and O–H groups in total. The van der Waals surface area contributed by atoms with Crippen LogP contribution in [-0.2, 0) is 0 Å². The third-order valence-electron chi connectivity index (χ3n) is 3.99. The molecule has 20 heavy (non-hydrogen) atoms. The third kappa shape index (κ3) is 4.84. The van der Waals surface area contributed by atoms with E-state index in [-0.39, 0.29) is 0 Å². The van der Waals surface area contributed by atoms with E-state index in [1.165, 1.54) is 39.1 Å². The molecule has 4 nitrogen and oxygen atoms in total. The lowest BCUT2D eigenvalue weighted by Gasteiger charge is -2.27. The van der Waals surface area contributed by atoms with Crippen molar-refractivity contribution >= 4 is 0 Å². The van der Waals surface area contributed by atoms with Crippen LogP contribution in [-0.4, -0.2) is 46.4 Å². The number of piperazine rings is 1. The molecule has 4 heteroatoms. The highest BCUT2D eigenvalue weighted by Gasteiger charge is 2.18. The Morgan fingerprint density at radius 1 is 1.10 bits per heavy atom. The van der Waals surface area contributed by atoms with E-state index < -0.39 is 0 Å². The monoisotopic (exact) mass is 275 g/mol. The lowest BCUT2D eigenvalue weighted by molar-refractivity contribution is -1.00. The maximum absolute atomic E-state index is 8.72. The molecular weight excluding hydrogens is 250 g/mol. The Balaban J connectivity index is 1.56. The van der Waals surface area contributed by atoms with Gasteiger partial charge < -0.3 is 14.5 Å². The van der Waals surface area contributed by atoms with Crippen LogP contribution in [0.5, 0.6) is 5.75 Å². The molecule has 0 spiro atoms. The SMILES string of the molecule is C[NH+]1CC[NH+](CCCCOc2ccc(C#N)cc2)CC1. The topological polar surface area (TPSA) is 41.9 Å². The molecule has 0 aromatic heterocycles. The summed E-state index contributed by atoms with van der Waals surface area (Å²) in [7, 11) is 2.28. The van der Waals surface area contributed by atoms with Crippen molar-refractivity contribution in [3.05, 3.63) is 29.8 Å². The first-order valence-corrected chi connectivity index (χ1v) is 7.56. The molecule has 1 aliphatic rings. The van der Waals surface area contributed by atoms with Gasteiger partial charge in [-0.1, -0.05) is 0 Å². The van der Waals surface area contributed by atoms with E-state index in [0.29, 0.717) is 5.56 Å². The van der Waals surface area contributed by atoms with Crippen molar-refractivity contribution in [1.29, 1.82) is 5.26 Å². The number of rotatable bonds is 6. The van der Waals surface area contributed by atoms with E-state index in [1.807, 2.05) is 12.1 Å². The number of ether oxygens (including phenoxy) is 1. The van der Waals surface area contributed by atoms with Gasteiger partial charge in [0.2, 0.25) is 0 Å². The zero-order valence-electron chi connectivity index (χ0n) is 12.3. The van der Waals surface area contributed by atoms with Crippen LogP contribution in [0.15, 0.2) is 24.3 Å². The van der Waals surface area contributed by atoms with Crippen LogP contribution >= 0.6 is 0 Å². The fourth-order valence-corrected chi connectivity index (χ4v) is 2.57. The molecule has 108 valence electrons. The first kappa shape index (κ1) is 14.8. The summed E-state index contributed by atoms with van der Waals surface area (Å²) in [6, 6.07) is 9.44. The predicted octanol–water partition coefficient (Wildman–Crippen LogP) is -0.870. The van der Waals surface area contributed by atoms with Crippen LogP contribution in [0.3, 0.4) is 0 Å². The van der Waals surface area contributed by atoms with Crippen LogP contribution in [0.25, 0.3) is 0 Å². The van der Waals surface area contributed by atoms with E-state index in [2.05, 4.69) is 13.1 Å². The van der Waals surface area contributed by atoms with E-state index in [9.17, 15) is 0 Å². The molecule has 2 rings (SSSR count). The number of nitrogens with one attached hydrogen (secondary N) is 2. The van der Waals surface area contributed by atoms with Crippen molar-refractivity contribution in [2.24, 2.45) is 0 Å². The van der Waals surface area contributed by atoms with Gasteiger partial charge in [-0.05, 0) is 37.1 Å². The predicted molar refractivity (Wildman–Crippen MR) is 78.1 cm³/mol. The average Bonchev–Trinajstić information content (AvgIpc) is 2.49. The Morgan fingerprint density at radius 2 is 1.80 bits per heavy atom. The summed E-state index contributed by atoms with van der Waals surface area (Å²) in [5.41, 5.74) is 0.679. The number of nitrogens with zero attached hydrogens (tertiary/aromatic N) is 1. The standard InChI is InChI=1S/C16H23N3O/c1-18-9-11-19(12-10-18)8-2-3-13-20-16-6-4-15(14-17)5-7-16/h4-7H,2-3,8-13H2,1H3/p+2. The summed E-state index contributed by atoms with van der Waals surface area (Å²) in [4.78, 5) is 3.41. The summed E-state index contributed by atoms with van der Waals surface area (Å²) in [6.45, 7) is 7.26. The number of quaternary nitrogens is 2. The second-order valence-electron chi connectivity index (χ2n) is 5.65. The van der Waals surface area contributed by atoms with Crippen molar-refractivity contribution < 1.29 is 14.5 Å². The molecule has 1 aromatic carbocycles. The number of unbranched alkanes of at least 4 members (excludes halogenated alkanes) is 1. The zero-order valence-corrected chi connectivity index (χ0v) is 12.3. The van der Waals surface area contributed by atoms with Gasteiger partial charge in [-0.3, -0.25) is 0 Å². The Morgan fingerprint density at radius 3 is 2.45 bits per heavy atom. The first-order chi connectivity index (χ1) is 9.78. The third-order valence-corrected chi connectivity index (χ3v) is 3.99. The molecule has 0 amide bonds. The molecule has 1 aromatic rings. The highest BCUT2D eigenvalue weighted by molar-refractivity contribution is 5.34. The zero-order chi connectivity index (χ0) is 14.2. The second-order valence-corrected chi connectivity index (χ2v) is 5.65. The summed E-state index contributed by atoms with van der Waals surface area (Å²) in [5.74, 6) is 0.861. The lowest BCUT2D eigenvalue weighted by atomic mass is 10.2. The molecule has 0 bridgehead atoms. The van der Waals surface area contributed by atoms with Gasteiger partial charge in [0.1, 0.15) is 31.9 Å². The fraction of sp³-hybridized carbons (Fsp3) is 0.562. The maximum Gasteiger partial charge on any atom is 0.127 e. The fourth-order valence-electron chi connectivity index (χ4n) is 2.57. The molecule has 0 radical (unpaired) electrons. The van der Waals surface area contributed by atoms with Gasteiger partial charge >= 0.3 is 0 Å². The highest BCUT2D eigenvalue weighted by atomic mass is 16.5. The van der Waals surface area contributed by atoms with Crippen molar-refractivity contribution in [2.75, 3.05) is 46.4 Å². The van der Waals surface area contributed by atoms with E-state index in [4.69, 9.17) is 10.00 Å². The summed E-state index contributed by atoms with van der Waals surface area (Å²) in [6.07, 6.45) is 2.33. The van der Waals surface area contributed by atoms with Crippen LogP contribution < -0.4 is 14.5 Å². The number of hydrogen-bond donors (Lipinski definition) is 2. The van der Waals surface area contributed by atoms with Crippen molar-refractivity contribution in [1.82, 2.24) is 0 Å². The maximum atomic E-state index is 8.72. The molecule has 0 unspecified atom stereocenters. The normalized spacial score (nSPS) is 22.2. The number of hydrogen-bond acceptors (Lipinski definition) is 2. The minimum Gasteiger partial charge on any atom is -0.494 e. The van der Waals surface area contributed by atoms with Gasteiger partial charge in [0.15, 0.2) is 0 Å². The van der Waals surface area contributed by atoms with Gasteiger partial charge in [0, 0.05) is 0 Å². The van der Waals surface area contributed by atoms with Crippen LogP contribution in [0.1, 0.15) is 18.4 Å². The van der Waals surface area contributed by atoms with Gasteiger partial charge in [-0.25, -0.2) is 0 Å². The van der Waals surface area contributed by atoms with E-state index in [0.717, 1.165) is 18.8 Å². The Hall–Kier alpha value is -1.57. The van der Waals surface area contributed by atoms with Crippen molar-refractivity contribution in [3.63, 3.8) is 0 Å². The van der Waals surface area contributed by atoms with Gasteiger partial charge in [0.25, 0.3) is 0 Å². The summed E-state index contributed by atoms with van der Waals surface area (Å²) in [5, 5.41) is 8.72. The van der Waals surface area contributed by atoms with Crippen molar-refractivity contribution in [2.45, 2.75) is 12.8 Å². The van der Waals surface area contributed by atoms with Crippen LogP contribution in [0, 0.1) is 11.3 Å². The quantitative estimate of drug-likeness (QED) is 0.663. The molecule has 1 saturated heterocycles. The summed E-state index contributed by atoms with van der Waals surface area (Å²) < 4.78 is 5.69. The minimum atomic E-state index is 0.679. The number of nitriles is 1. The number of likely N-dealkylation sites (N-methyl/N-ethyl adjacent to an activating group) is 1. The molecule has 1 fully saturated rings. The highest BCUT2D eigenvalue weighted by Crippen LogP contribution is 2.11. The molecule has 0 atom stereocenters. The number of benzene rings is 1. The van der Waals surface area contributed by atoms with Gasteiger partial charge in [-0.2, -0.15) is 5.26 Å². The van der Waals surface area contributed by atoms with Crippen LogP contribution in [0.2, 0.25) is 0 Å². The molecule has 1 heterocycles. The lowest BCUT2D eigenvalue weighted by Crippen LogP contribution is -3.27. The first-order valence-electron chi connectivity index (χ1n) is 7.56. The molecule has 0 aliphatic carbocycles. The van der Waals surface area contributed by atoms with E-state index >= 15 is 0 Å². The van der Waals surface area contributed by atoms with Crippen molar-refractivity contribution in [3.8, 4) is 11.8 Å². The molecule has 0 saturated carbocycles.